The fourth-order valence-electron chi connectivity index (χ4n) is 3.60. The summed E-state index contributed by atoms with van der Waals surface area (Å²) in [7, 11) is 3.11. The molecule has 1 unspecified atom stereocenters. The second-order valence-corrected chi connectivity index (χ2v) is 6.98. The summed E-state index contributed by atoms with van der Waals surface area (Å²) < 4.78 is 22.4. The van der Waals surface area contributed by atoms with Gasteiger partial charge in [-0.15, -0.1) is 0 Å². The van der Waals surface area contributed by atoms with Gasteiger partial charge in [-0.2, -0.15) is 0 Å². The van der Waals surface area contributed by atoms with Crippen LogP contribution >= 0.6 is 0 Å². The van der Waals surface area contributed by atoms with Crippen LogP contribution in [-0.4, -0.2) is 56.1 Å². The van der Waals surface area contributed by atoms with Gasteiger partial charge in [0.15, 0.2) is 17.8 Å². The Labute approximate surface area is 177 Å². The minimum Gasteiger partial charge on any atom is -0.493 e. The Bertz CT molecular complexity index is 855. The summed E-state index contributed by atoms with van der Waals surface area (Å²) >= 11 is 0. The Kier molecular flexibility index (Phi) is 7.54. The summed E-state index contributed by atoms with van der Waals surface area (Å²) in [6.07, 6.45) is 0.115. The van der Waals surface area contributed by atoms with Gasteiger partial charge in [-0.25, -0.2) is 0 Å². The van der Waals surface area contributed by atoms with Crippen LogP contribution in [0, 0.1) is 0 Å². The number of ether oxygens (including phenoxy) is 4. The second kappa shape index (κ2) is 10.3. The maximum Gasteiger partial charge on any atom is 0.254 e. The molecule has 0 aliphatic carbocycles. The zero-order chi connectivity index (χ0) is 21.5. The van der Waals surface area contributed by atoms with E-state index < -0.39 is 6.29 Å². The SMILES string of the molecule is CCOC(O)CCN1CCc2c(cc(OC)c(OCc3ccccc3)c2OC)C1=O. The van der Waals surface area contributed by atoms with Gasteiger partial charge in [0.05, 0.1) is 19.8 Å². The Hall–Kier alpha value is -2.77. The molecule has 1 aliphatic heterocycles. The Morgan fingerprint density at radius 2 is 1.90 bits per heavy atom. The van der Waals surface area contributed by atoms with E-state index in [9.17, 15) is 9.90 Å². The molecule has 30 heavy (non-hydrogen) atoms. The van der Waals surface area contributed by atoms with E-state index in [1.807, 2.05) is 37.3 Å². The van der Waals surface area contributed by atoms with Crippen LogP contribution in [0.2, 0.25) is 0 Å². The average Bonchev–Trinajstić information content (AvgIpc) is 2.77. The fourth-order valence-corrected chi connectivity index (χ4v) is 3.60. The van der Waals surface area contributed by atoms with Crippen molar-refractivity contribution < 1.29 is 28.8 Å². The van der Waals surface area contributed by atoms with E-state index in [1.54, 1.807) is 25.2 Å². The van der Waals surface area contributed by atoms with Crippen molar-refractivity contribution in [3.63, 3.8) is 0 Å². The Balaban J connectivity index is 1.83. The second-order valence-electron chi connectivity index (χ2n) is 6.98. The molecule has 7 heteroatoms. The van der Waals surface area contributed by atoms with E-state index in [-0.39, 0.29) is 5.91 Å². The van der Waals surface area contributed by atoms with Crippen LogP contribution in [0.3, 0.4) is 0 Å². The number of hydrogen-bond donors (Lipinski definition) is 1. The molecule has 1 aliphatic rings. The van der Waals surface area contributed by atoms with Crippen molar-refractivity contribution in [1.82, 2.24) is 4.90 Å². The molecule has 0 aromatic heterocycles. The lowest BCUT2D eigenvalue weighted by molar-refractivity contribution is -0.101. The number of aliphatic hydroxyl groups excluding tert-OH is 1. The van der Waals surface area contributed by atoms with E-state index >= 15 is 0 Å². The number of carbonyl (C=O) groups is 1. The largest absolute Gasteiger partial charge is 0.493 e. The lowest BCUT2D eigenvalue weighted by Gasteiger charge is -2.31. The van der Waals surface area contributed by atoms with Crippen LogP contribution in [0.5, 0.6) is 17.2 Å². The quantitative estimate of drug-likeness (QED) is 0.601. The highest BCUT2D eigenvalue weighted by molar-refractivity contribution is 5.98. The van der Waals surface area contributed by atoms with Gasteiger partial charge in [0.1, 0.15) is 6.61 Å². The van der Waals surface area contributed by atoms with Crippen LogP contribution in [0.4, 0.5) is 0 Å². The van der Waals surface area contributed by atoms with Crippen LogP contribution in [0.25, 0.3) is 0 Å². The van der Waals surface area contributed by atoms with E-state index in [2.05, 4.69) is 0 Å². The zero-order valence-electron chi connectivity index (χ0n) is 17.7. The van der Waals surface area contributed by atoms with Crippen molar-refractivity contribution in [3.8, 4) is 17.2 Å². The highest BCUT2D eigenvalue weighted by atomic mass is 16.6. The van der Waals surface area contributed by atoms with Gasteiger partial charge >= 0.3 is 0 Å². The third-order valence-electron chi connectivity index (χ3n) is 5.11. The summed E-state index contributed by atoms with van der Waals surface area (Å²) in [5.41, 5.74) is 2.37. The predicted molar refractivity (Wildman–Crippen MR) is 112 cm³/mol. The van der Waals surface area contributed by atoms with Gasteiger partial charge in [0.2, 0.25) is 5.75 Å². The van der Waals surface area contributed by atoms with Gasteiger partial charge in [0, 0.05) is 31.7 Å². The fraction of sp³-hybridized carbons (Fsp3) is 0.435. The van der Waals surface area contributed by atoms with Gasteiger partial charge in [-0.05, 0) is 25.0 Å². The molecule has 7 nitrogen and oxygen atoms in total. The van der Waals surface area contributed by atoms with E-state index in [4.69, 9.17) is 18.9 Å². The molecule has 1 N–H and O–H groups in total. The maximum absolute atomic E-state index is 13.1. The van der Waals surface area contributed by atoms with Gasteiger partial charge in [0.25, 0.3) is 5.91 Å². The van der Waals surface area contributed by atoms with Crippen LogP contribution in [0.1, 0.15) is 34.8 Å². The van der Waals surface area contributed by atoms with Crippen LogP contribution in [-0.2, 0) is 17.8 Å². The van der Waals surface area contributed by atoms with Gasteiger partial charge in [-0.3, -0.25) is 4.79 Å². The first kappa shape index (κ1) is 21.9. The van der Waals surface area contributed by atoms with Crippen molar-refractivity contribution >= 4 is 5.91 Å². The van der Waals surface area contributed by atoms with Crippen LogP contribution in [0.15, 0.2) is 36.4 Å². The standard InChI is InChI=1S/C23H29NO6/c1-4-29-20(25)11-13-24-12-10-17-18(23(24)26)14-19(27-2)22(21(17)28-3)30-15-16-8-6-5-7-9-16/h5-9,14,20,25H,4,10-13,15H2,1-3H3. The molecule has 0 saturated heterocycles. The Morgan fingerprint density at radius 3 is 2.57 bits per heavy atom. The number of aliphatic hydroxyl groups is 1. The number of methoxy groups -OCH3 is 2. The first-order valence-electron chi connectivity index (χ1n) is 10.1. The summed E-state index contributed by atoms with van der Waals surface area (Å²) in [6, 6.07) is 11.5. The van der Waals surface area contributed by atoms with Crippen molar-refractivity contribution in [2.75, 3.05) is 33.9 Å². The van der Waals surface area contributed by atoms with Crippen molar-refractivity contribution in [1.29, 1.82) is 0 Å². The number of nitrogens with zero attached hydrogens (tertiary/aromatic N) is 1. The van der Waals surface area contributed by atoms with E-state index in [1.165, 1.54) is 0 Å². The molecule has 1 amide bonds. The lowest BCUT2D eigenvalue weighted by Crippen LogP contribution is -2.39. The van der Waals surface area contributed by atoms with Gasteiger partial charge < -0.3 is 29.0 Å². The monoisotopic (exact) mass is 415 g/mol. The zero-order valence-corrected chi connectivity index (χ0v) is 17.7. The molecule has 0 spiro atoms. The highest BCUT2D eigenvalue weighted by Crippen LogP contribution is 2.44. The predicted octanol–water partition coefficient (Wildman–Crippen LogP) is 3.03. The van der Waals surface area contributed by atoms with Crippen molar-refractivity contribution in [2.45, 2.75) is 32.7 Å². The van der Waals surface area contributed by atoms with Gasteiger partial charge in [-0.1, -0.05) is 30.3 Å². The van der Waals surface area contributed by atoms with E-state index in [0.29, 0.717) is 62.0 Å². The molecule has 2 aromatic rings. The van der Waals surface area contributed by atoms with Crippen molar-refractivity contribution in [3.05, 3.63) is 53.1 Å². The number of fused-ring (bicyclic) bond motifs is 1. The molecule has 162 valence electrons. The maximum atomic E-state index is 13.1. The Morgan fingerprint density at radius 1 is 1.13 bits per heavy atom. The number of benzene rings is 2. The number of carbonyl (C=O) groups excluding carboxylic acids is 1. The minimum atomic E-state index is -0.873. The number of amides is 1. The lowest BCUT2D eigenvalue weighted by atomic mass is 9.96. The molecule has 0 saturated carbocycles. The average molecular weight is 415 g/mol. The number of rotatable bonds is 10. The van der Waals surface area contributed by atoms with Crippen LogP contribution < -0.4 is 14.2 Å². The third kappa shape index (κ3) is 4.86. The molecule has 3 rings (SSSR count). The topological polar surface area (TPSA) is 77.5 Å². The molecule has 1 atom stereocenters. The number of hydrogen-bond acceptors (Lipinski definition) is 6. The molecule has 0 radical (unpaired) electrons. The molecular formula is C23H29NO6. The van der Waals surface area contributed by atoms with E-state index in [0.717, 1.165) is 11.1 Å². The summed E-state index contributed by atoms with van der Waals surface area (Å²) in [5.74, 6) is 1.36. The molecule has 0 bridgehead atoms. The normalized spacial score (nSPS) is 14.3. The molecule has 2 aromatic carbocycles. The third-order valence-corrected chi connectivity index (χ3v) is 5.11. The first-order valence-corrected chi connectivity index (χ1v) is 10.1. The molecule has 0 fully saturated rings. The molecular weight excluding hydrogens is 386 g/mol. The molecule has 1 heterocycles. The highest BCUT2D eigenvalue weighted by Gasteiger charge is 2.31. The smallest absolute Gasteiger partial charge is 0.254 e. The summed E-state index contributed by atoms with van der Waals surface area (Å²) in [4.78, 5) is 14.8. The van der Waals surface area contributed by atoms with Crippen molar-refractivity contribution in [2.24, 2.45) is 0 Å². The summed E-state index contributed by atoms with van der Waals surface area (Å²) in [5, 5.41) is 9.80. The minimum absolute atomic E-state index is 0.119. The first-order chi connectivity index (χ1) is 14.6. The summed E-state index contributed by atoms with van der Waals surface area (Å²) in [6.45, 7) is 3.56.